The Morgan fingerprint density at radius 3 is 2.63 bits per heavy atom. The summed E-state index contributed by atoms with van der Waals surface area (Å²) >= 11 is 0. The monoisotopic (exact) mass is 396 g/mol. The summed E-state index contributed by atoms with van der Waals surface area (Å²) in [7, 11) is 0. The van der Waals surface area contributed by atoms with Crippen molar-refractivity contribution in [1.29, 1.82) is 5.26 Å². The van der Waals surface area contributed by atoms with Gasteiger partial charge >= 0.3 is 0 Å². The quantitative estimate of drug-likeness (QED) is 0.567. The summed E-state index contributed by atoms with van der Waals surface area (Å²) in [4.78, 5) is 11.8. The zero-order chi connectivity index (χ0) is 20.5. The lowest BCUT2D eigenvalue weighted by Gasteiger charge is -2.30. The molecule has 1 fully saturated rings. The minimum absolute atomic E-state index is 0.244. The Bertz CT molecular complexity index is 1230. The van der Waals surface area contributed by atoms with Gasteiger partial charge in [-0.05, 0) is 42.7 Å². The Labute approximate surface area is 173 Å². The number of hydrogen-bond acceptors (Lipinski definition) is 7. The number of hydrogen-bond donors (Lipinski definition) is 1. The molecule has 30 heavy (non-hydrogen) atoms. The van der Waals surface area contributed by atoms with Gasteiger partial charge in [-0.2, -0.15) is 5.26 Å². The number of anilines is 1. The normalized spacial score (nSPS) is 14.7. The molecule has 0 aliphatic carbocycles. The first-order valence-electron chi connectivity index (χ1n) is 9.89. The first-order chi connectivity index (χ1) is 14.7. The molecule has 4 aromatic rings. The first kappa shape index (κ1) is 18.2. The van der Waals surface area contributed by atoms with Crippen molar-refractivity contribution in [2.24, 2.45) is 5.73 Å². The molecule has 0 radical (unpaired) electrons. The highest BCUT2D eigenvalue weighted by molar-refractivity contribution is 5.82. The van der Waals surface area contributed by atoms with Crippen LogP contribution in [0.25, 0.3) is 28.0 Å². The zero-order valence-electron chi connectivity index (χ0n) is 16.3. The first-order valence-corrected chi connectivity index (χ1v) is 9.89. The largest absolute Gasteiger partial charge is 0.341 e. The molecule has 8 heteroatoms. The third kappa shape index (κ3) is 3.36. The number of pyridine rings is 1. The van der Waals surface area contributed by atoms with E-state index in [1.165, 1.54) is 0 Å². The Kier molecular flexibility index (Phi) is 4.58. The molecular weight excluding hydrogens is 376 g/mol. The molecule has 5 rings (SSSR count). The summed E-state index contributed by atoms with van der Waals surface area (Å²) in [5.74, 6) is 0.702. The minimum atomic E-state index is 0.244. The van der Waals surface area contributed by atoms with E-state index in [0.29, 0.717) is 11.5 Å². The van der Waals surface area contributed by atoms with Crippen LogP contribution in [0.1, 0.15) is 18.4 Å². The Morgan fingerprint density at radius 2 is 1.87 bits per heavy atom. The number of benzene rings is 1. The van der Waals surface area contributed by atoms with E-state index in [-0.39, 0.29) is 6.04 Å². The fourth-order valence-corrected chi connectivity index (χ4v) is 3.74. The van der Waals surface area contributed by atoms with Crippen molar-refractivity contribution in [2.45, 2.75) is 18.9 Å². The SMILES string of the molecule is N#Cc1ccc(-c2nc(N3CCC(N)CC3)ncc2-c2ccn3cnnc3c2)cc1. The highest BCUT2D eigenvalue weighted by atomic mass is 15.3. The fourth-order valence-electron chi connectivity index (χ4n) is 3.74. The maximum atomic E-state index is 9.14. The molecule has 0 unspecified atom stereocenters. The summed E-state index contributed by atoms with van der Waals surface area (Å²) < 4.78 is 1.86. The molecule has 148 valence electrons. The van der Waals surface area contributed by atoms with Crippen LogP contribution in [0.5, 0.6) is 0 Å². The van der Waals surface area contributed by atoms with Crippen molar-refractivity contribution in [2.75, 3.05) is 18.0 Å². The summed E-state index contributed by atoms with van der Waals surface area (Å²) in [6.45, 7) is 1.69. The topological polar surface area (TPSA) is 109 Å². The molecule has 0 atom stereocenters. The molecule has 1 aliphatic rings. The van der Waals surface area contributed by atoms with Crippen LogP contribution in [0.15, 0.2) is 55.1 Å². The number of aromatic nitrogens is 5. The summed E-state index contributed by atoms with van der Waals surface area (Å²) in [6, 6.07) is 13.9. The number of fused-ring (bicyclic) bond motifs is 1. The van der Waals surface area contributed by atoms with Gasteiger partial charge in [-0.25, -0.2) is 9.97 Å². The molecule has 4 heterocycles. The van der Waals surface area contributed by atoms with E-state index in [1.54, 1.807) is 6.33 Å². The average Bonchev–Trinajstić information content (AvgIpc) is 3.27. The maximum absolute atomic E-state index is 9.14. The molecular formula is C22H20N8. The lowest BCUT2D eigenvalue weighted by atomic mass is 10.0. The number of nitrogens with two attached hydrogens (primary N) is 1. The average molecular weight is 396 g/mol. The third-order valence-electron chi connectivity index (χ3n) is 5.50. The Hall–Kier alpha value is -3.83. The van der Waals surface area contributed by atoms with Gasteiger partial charge in [0.25, 0.3) is 0 Å². The molecule has 0 bridgehead atoms. The van der Waals surface area contributed by atoms with E-state index < -0.39 is 0 Å². The zero-order valence-corrected chi connectivity index (χ0v) is 16.3. The highest BCUT2D eigenvalue weighted by Crippen LogP contribution is 2.32. The van der Waals surface area contributed by atoms with E-state index in [4.69, 9.17) is 16.0 Å². The van der Waals surface area contributed by atoms with E-state index in [9.17, 15) is 0 Å². The maximum Gasteiger partial charge on any atom is 0.225 e. The second kappa shape index (κ2) is 7.54. The highest BCUT2D eigenvalue weighted by Gasteiger charge is 2.20. The van der Waals surface area contributed by atoms with Gasteiger partial charge in [0.05, 0.1) is 17.3 Å². The van der Waals surface area contributed by atoms with Crippen molar-refractivity contribution in [3.63, 3.8) is 0 Å². The van der Waals surface area contributed by atoms with Crippen LogP contribution in [0, 0.1) is 11.3 Å². The van der Waals surface area contributed by atoms with Gasteiger partial charge in [0.2, 0.25) is 5.95 Å². The van der Waals surface area contributed by atoms with Gasteiger partial charge < -0.3 is 10.6 Å². The molecule has 0 amide bonds. The fraction of sp³-hybridized carbons (Fsp3) is 0.227. The van der Waals surface area contributed by atoms with Crippen LogP contribution < -0.4 is 10.6 Å². The standard InChI is InChI=1S/C22H20N8/c23-12-15-1-3-16(4-2-15)21-19(17-5-8-30-14-26-28-20(30)11-17)13-25-22(27-21)29-9-6-18(24)7-10-29/h1-5,8,11,13-14,18H,6-7,9-10,24H2. The van der Waals surface area contributed by atoms with Gasteiger partial charge in [0, 0.05) is 42.7 Å². The van der Waals surface area contributed by atoms with Crippen LogP contribution in [0.2, 0.25) is 0 Å². The number of nitriles is 1. The van der Waals surface area contributed by atoms with Crippen molar-refractivity contribution in [1.82, 2.24) is 24.6 Å². The lowest BCUT2D eigenvalue weighted by Crippen LogP contribution is -2.40. The number of nitrogens with zero attached hydrogens (tertiary/aromatic N) is 7. The van der Waals surface area contributed by atoms with E-state index >= 15 is 0 Å². The molecule has 1 saturated heterocycles. The van der Waals surface area contributed by atoms with E-state index in [1.807, 2.05) is 53.2 Å². The molecule has 1 aromatic carbocycles. The molecule has 8 nitrogen and oxygen atoms in total. The smallest absolute Gasteiger partial charge is 0.225 e. The van der Waals surface area contributed by atoms with Crippen molar-refractivity contribution < 1.29 is 0 Å². The second-order valence-electron chi connectivity index (χ2n) is 7.46. The molecule has 2 N–H and O–H groups in total. The van der Waals surface area contributed by atoms with Crippen LogP contribution in [0.3, 0.4) is 0 Å². The Morgan fingerprint density at radius 1 is 1.07 bits per heavy atom. The molecule has 3 aromatic heterocycles. The van der Waals surface area contributed by atoms with Gasteiger partial charge in [-0.1, -0.05) is 12.1 Å². The summed E-state index contributed by atoms with van der Waals surface area (Å²) in [5, 5.41) is 17.2. The predicted octanol–water partition coefficient (Wildman–Crippen LogP) is 2.65. The number of rotatable bonds is 3. The van der Waals surface area contributed by atoms with Gasteiger partial charge in [0.15, 0.2) is 5.65 Å². The van der Waals surface area contributed by atoms with E-state index in [2.05, 4.69) is 26.2 Å². The minimum Gasteiger partial charge on any atom is -0.341 e. The predicted molar refractivity (Wildman–Crippen MR) is 114 cm³/mol. The lowest BCUT2D eigenvalue weighted by molar-refractivity contribution is 0.495. The third-order valence-corrected chi connectivity index (χ3v) is 5.50. The molecule has 1 aliphatic heterocycles. The van der Waals surface area contributed by atoms with Crippen molar-refractivity contribution in [3.05, 3.63) is 60.7 Å². The molecule has 0 saturated carbocycles. The van der Waals surface area contributed by atoms with Crippen LogP contribution >= 0.6 is 0 Å². The number of piperidine rings is 1. The van der Waals surface area contributed by atoms with Crippen LogP contribution in [0.4, 0.5) is 5.95 Å². The molecule has 0 spiro atoms. The van der Waals surface area contributed by atoms with Crippen LogP contribution in [-0.4, -0.2) is 43.7 Å². The van der Waals surface area contributed by atoms with Gasteiger partial charge in [0.1, 0.15) is 6.33 Å². The summed E-state index contributed by atoms with van der Waals surface area (Å²) in [6.07, 6.45) is 7.32. The Balaban J connectivity index is 1.62. The van der Waals surface area contributed by atoms with Crippen LogP contribution in [-0.2, 0) is 0 Å². The van der Waals surface area contributed by atoms with E-state index in [0.717, 1.165) is 54.0 Å². The summed E-state index contributed by atoms with van der Waals surface area (Å²) in [5.41, 5.74) is 11.0. The second-order valence-corrected chi connectivity index (χ2v) is 7.46. The van der Waals surface area contributed by atoms with Crippen molar-refractivity contribution in [3.8, 4) is 28.5 Å². The van der Waals surface area contributed by atoms with Gasteiger partial charge in [-0.15, -0.1) is 10.2 Å². The van der Waals surface area contributed by atoms with Crippen molar-refractivity contribution >= 4 is 11.6 Å². The van der Waals surface area contributed by atoms with Gasteiger partial charge in [-0.3, -0.25) is 4.40 Å².